The molecule has 0 fully saturated rings. The highest BCUT2D eigenvalue weighted by atomic mass is 35.5. The third kappa shape index (κ3) is 3.75. The molecule has 2 N–H and O–H groups in total. The molecule has 90 valence electrons. The smallest absolute Gasteiger partial charge is 0.307 e. The van der Waals surface area contributed by atoms with Gasteiger partial charge in [-0.15, -0.1) is 12.4 Å². The van der Waals surface area contributed by atoms with Gasteiger partial charge in [-0.25, -0.2) is 8.78 Å². The van der Waals surface area contributed by atoms with Crippen molar-refractivity contribution in [1.82, 2.24) is 0 Å². The van der Waals surface area contributed by atoms with Crippen LogP contribution in [0, 0.1) is 11.6 Å². The molecule has 0 aromatic heterocycles. The molecule has 0 saturated carbocycles. The van der Waals surface area contributed by atoms with Gasteiger partial charge >= 0.3 is 5.97 Å². The largest absolute Gasteiger partial charge is 0.469 e. The SMILES string of the molecule is COC(=O)C[C@@H](N)c1cc(F)ccc1F.Cl. The van der Waals surface area contributed by atoms with Crippen LogP contribution in [0.15, 0.2) is 18.2 Å². The van der Waals surface area contributed by atoms with Gasteiger partial charge in [0, 0.05) is 11.6 Å². The van der Waals surface area contributed by atoms with Gasteiger partial charge in [0.2, 0.25) is 0 Å². The Morgan fingerprint density at radius 2 is 2.12 bits per heavy atom. The minimum Gasteiger partial charge on any atom is -0.469 e. The maximum atomic E-state index is 13.2. The molecule has 1 atom stereocenters. The van der Waals surface area contributed by atoms with Crippen molar-refractivity contribution in [2.24, 2.45) is 5.73 Å². The van der Waals surface area contributed by atoms with Crippen LogP contribution in [0.1, 0.15) is 18.0 Å². The van der Waals surface area contributed by atoms with Gasteiger partial charge in [-0.2, -0.15) is 0 Å². The Bertz CT molecular complexity index is 374. The van der Waals surface area contributed by atoms with Gasteiger partial charge in [-0.1, -0.05) is 0 Å². The monoisotopic (exact) mass is 251 g/mol. The first kappa shape index (κ1) is 14.8. The minimum atomic E-state index is -0.895. The summed E-state index contributed by atoms with van der Waals surface area (Å²) < 4.78 is 30.3. The number of hydrogen-bond donors (Lipinski definition) is 1. The number of nitrogens with two attached hydrogens (primary N) is 1. The molecule has 0 radical (unpaired) electrons. The number of halogens is 3. The summed E-state index contributed by atoms with van der Waals surface area (Å²) in [5.41, 5.74) is 5.51. The first-order valence-electron chi connectivity index (χ1n) is 4.32. The van der Waals surface area contributed by atoms with Crippen molar-refractivity contribution in [3.8, 4) is 0 Å². The first-order chi connectivity index (χ1) is 7.04. The molecule has 0 aliphatic heterocycles. The average Bonchev–Trinajstić information content (AvgIpc) is 2.21. The van der Waals surface area contributed by atoms with Crippen LogP contribution in [0.5, 0.6) is 0 Å². The molecule has 1 rings (SSSR count). The molecule has 0 bridgehead atoms. The van der Waals surface area contributed by atoms with Gasteiger partial charge in [0.15, 0.2) is 0 Å². The zero-order valence-corrected chi connectivity index (χ0v) is 9.39. The molecule has 0 spiro atoms. The summed E-state index contributed by atoms with van der Waals surface area (Å²) >= 11 is 0. The predicted octanol–water partition coefficient (Wildman–Crippen LogP) is 1.95. The van der Waals surface area contributed by atoms with Gasteiger partial charge in [0.1, 0.15) is 11.6 Å². The second kappa shape index (κ2) is 6.40. The fourth-order valence-electron chi connectivity index (χ4n) is 1.17. The third-order valence-corrected chi connectivity index (χ3v) is 1.97. The average molecular weight is 252 g/mol. The van der Waals surface area contributed by atoms with Gasteiger partial charge in [0.25, 0.3) is 0 Å². The second-order valence-electron chi connectivity index (χ2n) is 3.05. The summed E-state index contributed by atoms with van der Waals surface area (Å²) in [6.07, 6.45) is -0.184. The molecule has 3 nitrogen and oxygen atoms in total. The lowest BCUT2D eigenvalue weighted by atomic mass is 10.0. The first-order valence-corrected chi connectivity index (χ1v) is 4.32. The fraction of sp³-hybridized carbons (Fsp3) is 0.300. The summed E-state index contributed by atoms with van der Waals surface area (Å²) in [5, 5.41) is 0. The quantitative estimate of drug-likeness (QED) is 0.836. The fourth-order valence-corrected chi connectivity index (χ4v) is 1.17. The standard InChI is InChI=1S/C10H11F2NO2.ClH/c1-15-10(14)5-9(13)7-4-6(11)2-3-8(7)12;/h2-4,9H,5,13H2,1H3;1H/t9-;/m1./s1. The van der Waals surface area contributed by atoms with E-state index in [1.165, 1.54) is 7.11 Å². The van der Waals surface area contributed by atoms with E-state index < -0.39 is 23.6 Å². The number of benzene rings is 1. The number of hydrogen-bond acceptors (Lipinski definition) is 3. The van der Waals surface area contributed by atoms with E-state index >= 15 is 0 Å². The zero-order valence-electron chi connectivity index (χ0n) is 8.57. The molecule has 0 amide bonds. The molecule has 0 heterocycles. The Balaban J connectivity index is 0.00000225. The van der Waals surface area contributed by atoms with Gasteiger partial charge in [0.05, 0.1) is 13.5 Å². The molecule has 16 heavy (non-hydrogen) atoms. The highest BCUT2D eigenvalue weighted by molar-refractivity contribution is 5.85. The van der Waals surface area contributed by atoms with Gasteiger partial charge in [-0.05, 0) is 18.2 Å². The van der Waals surface area contributed by atoms with E-state index in [0.717, 1.165) is 18.2 Å². The van der Waals surface area contributed by atoms with E-state index in [2.05, 4.69) is 4.74 Å². The van der Waals surface area contributed by atoms with E-state index in [1.807, 2.05) is 0 Å². The van der Waals surface area contributed by atoms with Crippen LogP contribution in [-0.2, 0) is 9.53 Å². The number of carbonyl (C=O) groups is 1. The van der Waals surface area contributed by atoms with Crippen molar-refractivity contribution >= 4 is 18.4 Å². The number of carbonyl (C=O) groups excluding carboxylic acids is 1. The summed E-state index contributed by atoms with van der Waals surface area (Å²) in [6, 6.07) is 2.04. The van der Waals surface area contributed by atoms with E-state index in [0.29, 0.717) is 0 Å². The van der Waals surface area contributed by atoms with Crippen LogP contribution in [-0.4, -0.2) is 13.1 Å². The van der Waals surface area contributed by atoms with E-state index in [1.54, 1.807) is 0 Å². The molecule has 0 saturated heterocycles. The predicted molar refractivity (Wildman–Crippen MR) is 57.2 cm³/mol. The summed E-state index contributed by atoms with van der Waals surface area (Å²) in [7, 11) is 1.21. The van der Waals surface area contributed by atoms with Crippen LogP contribution < -0.4 is 5.73 Å². The van der Waals surface area contributed by atoms with E-state index in [-0.39, 0.29) is 24.4 Å². The van der Waals surface area contributed by atoms with Crippen molar-refractivity contribution in [3.63, 3.8) is 0 Å². The number of methoxy groups -OCH3 is 1. The number of rotatable bonds is 3. The second-order valence-corrected chi connectivity index (χ2v) is 3.05. The number of esters is 1. The molecule has 0 aliphatic carbocycles. The highest BCUT2D eigenvalue weighted by Crippen LogP contribution is 2.19. The van der Waals surface area contributed by atoms with Crippen molar-refractivity contribution in [2.75, 3.05) is 7.11 Å². The maximum absolute atomic E-state index is 13.2. The van der Waals surface area contributed by atoms with Gasteiger partial charge < -0.3 is 10.5 Å². The lowest BCUT2D eigenvalue weighted by Crippen LogP contribution is -2.17. The van der Waals surface area contributed by atoms with Crippen LogP contribution in [0.4, 0.5) is 8.78 Å². The van der Waals surface area contributed by atoms with Gasteiger partial charge in [-0.3, -0.25) is 4.79 Å². The summed E-state index contributed by atoms with van der Waals surface area (Å²) in [5.74, 6) is -1.79. The molecular formula is C10H12ClF2NO2. The van der Waals surface area contributed by atoms with Crippen LogP contribution in [0.2, 0.25) is 0 Å². The lowest BCUT2D eigenvalue weighted by Gasteiger charge is -2.11. The van der Waals surface area contributed by atoms with Crippen molar-refractivity contribution in [3.05, 3.63) is 35.4 Å². The molecule has 1 aromatic carbocycles. The summed E-state index contributed by atoms with van der Waals surface area (Å²) in [6.45, 7) is 0. The summed E-state index contributed by atoms with van der Waals surface area (Å²) in [4.78, 5) is 10.9. The molecular weight excluding hydrogens is 240 g/mol. The van der Waals surface area contributed by atoms with Crippen LogP contribution in [0.3, 0.4) is 0 Å². The van der Waals surface area contributed by atoms with E-state index in [4.69, 9.17) is 5.73 Å². The Kier molecular flexibility index (Phi) is 5.92. The maximum Gasteiger partial charge on any atom is 0.307 e. The van der Waals surface area contributed by atoms with Crippen molar-refractivity contribution in [2.45, 2.75) is 12.5 Å². The normalized spacial score (nSPS) is 11.5. The van der Waals surface area contributed by atoms with E-state index in [9.17, 15) is 13.6 Å². The molecule has 6 heteroatoms. The highest BCUT2D eigenvalue weighted by Gasteiger charge is 2.16. The molecule has 0 aliphatic rings. The third-order valence-electron chi connectivity index (χ3n) is 1.97. The Morgan fingerprint density at radius 1 is 1.50 bits per heavy atom. The van der Waals surface area contributed by atoms with Crippen LogP contribution >= 0.6 is 12.4 Å². The van der Waals surface area contributed by atoms with Crippen molar-refractivity contribution < 1.29 is 18.3 Å². The minimum absolute atomic E-state index is 0. The Labute approximate surface area is 98.0 Å². The Hall–Kier alpha value is -1.20. The van der Waals surface area contributed by atoms with Crippen molar-refractivity contribution in [1.29, 1.82) is 0 Å². The molecule has 0 unspecified atom stereocenters. The topological polar surface area (TPSA) is 52.3 Å². The van der Waals surface area contributed by atoms with Crippen LogP contribution in [0.25, 0.3) is 0 Å². The Morgan fingerprint density at radius 3 is 2.69 bits per heavy atom. The lowest BCUT2D eigenvalue weighted by molar-refractivity contribution is -0.141. The number of ether oxygens (including phenoxy) is 1. The molecule has 1 aromatic rings. The zero-order chi connectivity index (χ0) is 11.4.